The van der Waals surface area contributed by atoms with Gasteiger partial charge in [0.15, 0.2) is 0 Å². The number of sulfonamides is 1. The lowest BCUT2D eigenvalue weighted by molar-refractivity contribution is 0.0949. The lowest BCUT2D eigenvalue weighted by atomic mass is 9.96. The quantitative estimate of drug-likeness (QED) is 0.843. The van der Waals surface area contributed by atoms with Crippen molar-refractivity contribution in [2.45, 2.75) is 23.2 Å². The Kier molecular flexibility index (Phi) is 4.86. The van der Waals surface area contributed by atoms with Gasteiger partial charge in [0.25, 0.3) is 5.91 Å². The van der Waals surface area contributed by atoms with Gasteiger partial charge in [-0.05, 0) is 54.8 Å². The van der Waals surface area contributed by atoms with Gasteiger partial charge in [-0.25, -0.2) is 17.1 Å². The van der Waals surface area contributed by atoms with Crippen LogP contribution in [0.1, 0.15) is 28.8 Å². The second kappa shape index (κ2) is 6.81. The van der Waals surface area contributed by atoms with Crippen molar-refractivity contribution in [3.05, 3.63) is 65.5 Å². The van der Waals surface area contributed by atoms with Crippen LogP contribution >= 0.6 is 0 Å². The van der Waals surface area contributed by atoms with Gasteiger partial charge in [-0.15, -0.1) is 0 Å². The fourth-order valence-corrected chi connectivity index (χ4v) is 3.76. The topological polar surface area (TPSA) is 66.5 Å². The molecule has 1 aliphatic carbocycles. The van der Waals surface area contributed by atoms with E-state index in [0.29, 0.717) is 12.1 Å². The highest BCUT2D eigenvalue weighted by Gasteiger charge is 2.44. The predicted molar refractivity (Wildman–Crippen MR) is 97.0 cm³/mol. The molecule has 1 amide bonds. The standard InChI is InChI=1S/C19H21FN2O3S/c1-22(2)26(24,25)17-9-3-14(4-10-17)18(23)21-13-19(11-12-19)15-5-7-16(20)8-6-15/h3-10H,11-13H2,1-2H3,(H,21,23). The molecule has 0 heterocycles. The van der Waals surface area contributed by atoms with Crippen LogP contribution < -0.4 is 5.32 Å². The molecule has 0 spiro atoms. The second-order valence-electron chi connectivity index (χ2n) is 6.78. The zero-order chi connectivity index (χ0) is 18.9. The average molecular weight is 376 g/mol. The summed E-state index contributed by atoms with van der Waals surface area (Å²) in [5.74, 6) is -0.534. The Morgan fingerprint density at radius 1 is 1.08 bits per heavy atom. The maximum atomic E-state index is 13.1. The highest BCUT2D eigenvalue weighted by atomic mass is 32.2. The van der Waals surface area contributed by atoms with Gasteiger partial charge in [0.2, 0.25) is 10.0 Å². The van der Waals surface area contributed by atoms with Gasteiger partial charge in [0.05, 0.1) is 4.90 Å². The van der Waals surface area contributed by atoms with E-state index >= 15 is 0 Å². The fraction of sp³-hybridized carbons (Fsp3) is 0.316. The number of amides is 1. The Morgan fingerprint density at radius 2 is 1.65 bits per heavy atom. The lowest BCUT2D eigenvalue weighted by Gasteiger charge is -2.17. The number of hydrogen-bond donors (Lipinski definition) is 1. The summed E-state index contributed by atoms with van der Waals surface area (Å²) in [5.41, 5.74) is 1.29. The first-order valence-electron chi connectivity index (χ1n) is 8.31. The molecule has 1 aliphatic rings. The number of carbonyl (C=O) groups excluding carboxylic acids is 1. The molecule has 0 unspecified atom stereocenters. The molecule has 5 nitrogen and oxygen atoms in total. The maximum absolute atomic E-state index is 13.1. The Labute approximate surface area is 152 Å². The second-order valence-corrected chi connectivity index (χ2v) is 8.93. The van der Waals surface area contributed by atoms with Crippen molar-refractivity contribution >= 4 is 15.9 Å². The fourth-order valence-electron chi connectivity index (χ4n) is 2.86. The molecule has 26 heavy (non-hydrogen) atoms. The van der Waals surface area contributed by atoms with Crippen molar-refractivity contribution in [1.29, 1.82) is 0 Å². The number of benzene rings is 2. The zero-order valence-electron chi connectivity index (χ0n) is 14.7. The first kappa shape index (κ1) is 18.5. The number of hydrogen-bond acceptors (Lipinski definition) is 3. The molecule has 1 saturated carbocycles. The van der Waals surface area contributed by atoms with Crippen LogP contribution in [0.25, 0.3) is 0 Å². The summed E-state index contributed by atoms with van der Waals surface area (Å²) in [5, 5.41) is 2.90. The van der Waals surface area contributed by atoms with E-state index in [1.165, 1.54) is 50.5 Å². The smallest absolute Gasteiger partial charge is 0.251 e. The van der Waals surface area contributed by atoms with Gasteiger partial charge in [-0.3, -0.25) is 4.79 Å². The van der Waals surface area contributed by atoms with Gasteiger partial charge < -0.3 is 5.32 Å². The highest BCUT2D eigenvalue weighted by molar-refractivity contribution is 7.89. The van der Waals surface area contributed by atoms with E-state index in [9.17, 15) is 17.6 Å². The number of halogens is 1. The molecule has 0 atom stereocenters. The molecule has 138 valence electrons. The molecular weight excluding hydrogens is 355 g/mol. The van der Waals surface area contributed by atoms with Crippen molar-refractivity contribution in [2.24, 2.45) is 0 Å². The van der Waals surface area contributed by atoms with Gasteiger partial charge >= 0.3 is 0 Å². The summed E-state index contributed by atoms with van der Waals surface area (Å²) >= 11 is 0. The third kappa shape index (κ3) is 3.64. The first-order chi connectivity index (χ1) is 12.2. The van der Waals surface area contributed by atoms with E-state index in [2.05, 4.69) is 5.32 Å². The Balaban J connectivity index is 1.66. The Hall–Kier alpha value is -2.25. The van der Waals surface area contributed by atoms with Crippen LogP contribution in [0.4, 0.5) is 4.39 Å². The molecule has 0 aliphatic heterocycles. The SMILES string of the molecule is CN(C)S(=O)(=O)c1ccc(C(=O)NCC2(c3ccc(F)cc3)CC2)cc1. The molecule has 0 aromatic heterocycles. The molecule has 0 bridgehead atoms. The minimum atomic E-state index is -3.51. The van der Waals surface area contributed by atoms with Gasteiger partial charge in [-0.1, -0.05) is 12.1 Å². The van der Waals surface area contributed by atoms with Crippen LogP contribution in [0.15, 0.2) is 53.4 Å². The van der Waals surface area contributed by atoms with E-state index in [1.54, 1.807) is 12.1 Å². The number of nitrogens with zero attached hydrogens (tertiary/aromatic N) is 1. The number of carbonyl (C=O) groups is 1. The highest BCUT2D eigenvalue weighted by Crippen LogP contribution is 2.47. The summed E-state index contributed by atoms with van der Waals surface area (Å²) in [6.07, 6.45) is 1.89. The third-order valence-electron chi connectivity index (χ3n) is 4.79. The van der Waals surface area contributed by atoms with Crippen molar-refractivity contribution in [3.63, 3.8) is 0 Å². The van der Waals surface area contributed by atoms with Crippen LogP contribution in [-0.4, -0.2) is 39.3 Å². The normalized spacial score (nSPS) is 15.7. The van der Waals surface area contributed by atoms with E-state index < -0.39 is 10.0 Å². The van der Waals surface area contributed by atoms with Crippen molar-refractivity contribution < 1.29 is 17.6 Å². The zero-order valence-corrected chi connectivity index (χ0v) is 15.5. The largest absolute Gasteiger partial charge is 0.351 e. The lowest BCUT2D eigenvalue weighted by Crippen LogP contribution is -2.32. The van der Waals surface area contributed by atoms with E-state index in [4.69, 9.17) is 0 Å². The van der Waals surface area contributed by atoms with Crippen LogP contribution in [0.5, 0.6) is 0 Å². The van der Waals surface area contributed by atoms with Gasteiger partial charge in [0, 0.05) is 31.6 Å². The van der Waals surface area contributed by atoms with Gasteiger partial charge in [0.1, 0.15) is 5.82 Å². The van der Waals surface area contributed by atoms with E-state index in [0.717, 1.165) is 22.7 Å². The van der Waals surface area contributed by atoms with Crippen LogP contribution in [-0.2, 0) is 15.4 Å². The monoisotopic (exact) mass is 376 g/mol. The molecular formula is C19H21FN2O3S. The summed E-state index contributed by atoms with van der Waals surface area (Å²) in [6, 6.07) is 12.2. The molecule has 1 N–H and O–H groups in total. The van der Waals surface area contributed by atoms with Crippen molar-refractivity contribution in [2.75, 3.05) is 20.6 Å². The third-order valence-corrected chi connectivity index (χ3v) is 6.62. The van der Waals surface area contributed by atoms with E-state index in [-0.39, 0.29) is 22.0 Å². The summed E-state index contributed by atoms with van der Waals surface area (Å²) in [6.45, 7) is 0.467. The molecule has 0 saturated heterocycles. The molecule has 7 heteroatoms. The minimum Gasteiger partial charge on any atom is -0.351 e. The summed E-state index contributed by atoms with van der Waals surface area (Å²) < 4.78 is 38.3. The molecule has 1 fully saturated rings. The molecule has 0 radical (unpaired) electrons. The average Bonchev–Trinajstić information content (AvgIpc) is 3.41. The maximum Gasteiger partial charge on any atom is 0.251 e. The van der Waals surface area contributed by atoms with Crippen LogP contribution in [0.2, 0.25) is 0 Å². The Morgan fingerprint density at radius 3 is 2.15 bits per heavy atom. The minimum absolute atomic E-state index is 0.127. The van der Waals surface area contributed by atoms with Crippen LogP contribution in [0, 0.1) is 5.82 Å². The molecule has 2 aromatic rings. The Bertz CT molecular complexity index is 903. The van der Waals surface area contributed by atoms with Gasteiger partial charge in [-0.2, -0.15) is 0 Å². The number of rotatable bonds is 6. The molecule has 2 aromatic carbocycles. The predicted octanol–water partition coefficient (Wildman–Crippen LogP) is 2.54. The number of nitrogens with one attached hydrogen (secondary N) is 1. The van der Waals surface area contributed by atoms with E-state index in [1.807, 2.05) is 0 Å². The first-order valence-corrected chi connectivity index (χ1v) is 9.75. The summed E-state index contributed by atoms with van der Waals surface area (Å²) in [4.78, 5) is 12.5. The van der Waals surface area contributed by atoms with Crippen molar-refractivity contribution in [1.82, 2.24) is 9.62 Å². The molecule has 3 rings (SSSR count). The summed E-state index contributed by atoms with van der Waals surface area (Å²) in [7, 11) is -0.596. The van der Waals surface area contributed by atoms with Crippen LogP contribution in [0.3, 0.4) is 0 Å². The van der Waals surface area contributed by atoms with Crippen molar-refractivity contribution in [3.8, 4) is 0 Å².